The molecule has 2 heterocycles. The number of halogens is 1. The van der Waals surface area contributed by atoms with E-state index in [0.717, 1.165) is 42.6 Å². The standard InChI is InChI=1S/C31H37ClN4O2S/c1-3-4-5-9-17-33-29(38)25-12-10-11-24(20-25)22-39-30-34-27(32)21-28(35-30)36-18-15-31(16-19-36,23(2)37)26-13-7-6-8-14-26/h6-8,10-14,20-21H,3-5,9,15-19,22H2,1-2H3,(H,33,38). The summed E-state index contributed by atoms with van der Waals surface area (Å²) in [6, 6.07) is 19.6. The largest absolute Gasteiger partial charge is 0.356 e. The number of aromatic nitrogens is 2. The number of piperidine rings is 1. The average Bonchev–Trinajstić information content (AvgIpc) is 2.96. The van der Waals surface area contributed by atoms with E-state index in [4.69, 9.17) is 16.6 Å². The van der Waals surface area contributed by atoms with E-state index in [1.165, 1.54) is 24.6 Å². The molecular weight excluding hydrogens is 528 g/mol. The molecule has 0 spiro atoms. The summed E-state index contributed by atoms with van der Waals surface area (Å²) in [5.74, 6) is 1.57. The molecule has 0 saturated carbocycles. The van der Waals surface area contributed by atoms with E-state index < -0.39 is 5.41 Å². The van der Waals surface area contributed by atoms with E-state index in [2.05, 4.69) is 34.3 Å². The number of carbonyl (C=O) groups is 2. The Kier molecular flexibility index (Phi) is 10.4. The highest BCUT2D eigenvalue weighted by Gasteiger charge is 2.40. The Morgan fingerprint density at radius 1 is 1.00 bits per heavy atom. The zero-order valence-electron chi connectivity index (χ0n) is 22.8. The predicted molar refractivity (Wildman–Crippen MR) is 160 cm³/mol. The fourth-order valence-corrected chi connectivity index (χ4v) is 6.16. The number of anilines is 1. The third-order valence-corrected chi connectivity index (χ3v) is 8.59. The van der Waals surface area contributed by atoms with Crippen LogP contribution >= 0.6 is 23.4 Å². The third-order valence-electron chi connectivity index (χ3n) is 7.48. The Bertz CT molecular complexity index is 1260. The average molecular weight is 565 g/mol. The van der Waals surface area contributed by atoms with Gasteiger partial charge in [-0.05, 0) is 49.4 Å². The van der Waals surface area contributed by atoms with Crippen LogP contribution in [0.25, 0.3) is 0 Å². The van der Waals surface area contributed by atoms with Crippen LogP contribution in [0.5, 0.6) is 0 Å². The molecule has 4 rings (SSSR count). The Morgan fingerprint density at radius 2 is 1.77 bits per heavy atom. The summed E-state index contributed by atoms with van der Waals surface area (Å²) in [5.41, 5.74) is 2.31. The van der Waals surface area contributed by atoms with E-state index in [1.54, 1.807) is 13.0 Å². The quantitative estimate of drug-likeness (QED) is 0.112. The van der Waals surface area contributed by atoms with Crippen molar-refractivity contribution in [2.45, 2.75) is 68.7 Å². The van der Waals surface area contributed by atoms with Gasteiger partial charge in [0.2, 0.25) is 0 Å². The highest BCUT2D eigenvalue weighted by Crippen LogP contribution is 2.38. The summed E-state index contributed by atoms with van der Waals surface area (Å²) in [5, 5.41) is 4.00. The summed E-state index contributed by atoms with van der Waals surface area (Å²) < 4.78 is 0. The molecule has 0 atom stereocenters. The molecule has 1 amide bonds. The molecule has 206 valence electrons. The van der Waals surface area contributed by atoms with Gasteiger partial charge in [0.25, 0.3) is 5.91 Å². The van der Waals surface area contributed by atoms with E-state index >= 15 is 0 Å². The number of nitrogens with zero attached hydrogens (tertiary/aromatic N) is 3. The lowest BCUT2D eigenvalue weighted by Crippen LogP contribution is -2.47. The number of benzene rings is 2. The number of rotatable bonds is 12. The molecule has 1 fully saturated rings. The van der Waals surface area contributed by atoms with Crippen molar-refractivity contribution >= 4 is 40.9 Å². The van der Waals surface area contributed by atoms with Gasteiger partial charge in [-0.1, -0.05) is 92.0 Å². The SMILES string of the molecule is CCCCCCNC(=O)c1cccc(CSc2nc(Cl)cc(N3CCC(C(C)=O)(c4ccccc4)CC3)n2)c1. The Balaban J connectivity index is 1.37. The number of Topliss-reactive ketones (excluding diaryl/α,β-unsaturated/α-hetero) is 1. The predicted octanol–water partition coefficient (Wildman–Crippen LogP) is 6.86. The molecule has 2 aromatic carbocycles. The Hall–Kier alpha value is -2.90. The van der Waals surface area contributed by atoms with Gasteiger partial charge < -0.3 is 10.2 Å². The van der Waals surface area contributed by atoms with Gasteiger partial charge in [0.15, 0.2) is 5.16 Å². The van der Waals surface area contributed by atoms with Crippen LogP contribution in [0.2, 0.25) is 5.15 Å². The molecule has 0 aliphatic carbocycles. The zero-order valence-corrected chi connectivity index (χ0v) is 24.4. The maximum atomic E-state index is 12.8. The molecule has 0 unspecified atom stereocenters. The van der Waals surface area contributed by atoms with Crippen molar-refractivity contribution in [1.82, 2.24) is 15.3 Å². The minimum Gasteiger partial charge on any atom is -0.356 e. The monoisotopic (exact) mass is 564 g/mol. The topological polar surface area (TPSA) is 75.2 Å². The van der Waals surface area contributed by atoms with Gasteiger partial charge in [0.05, 0.1) is 5.41 Å². The van der Waals surface area contributed by atoms with Crippen molar-refractivity contribution in [2.24, 2.45) is 0 Å². The van der Waals surface area contributed by atoms with Crippen molar-refractivity contribution in [2.75, 3.05) is 24.5 Å². The van der Waals surface area contributed by atoms with Crippen LogP contribution < -0.4 is 10.2 Å². The van der Waals surface area contributed by atoms with Crippen LogP contribution in [0.1, 0.15) is 73.9 Å². The second kappa shape index (κ2) is 13.9. The maximum absolute atomic E-state index is 12.8. The number of nitrogens with one attached hydrogen (secondary N) is 1. The van der Waals surface area contributed by atoms with Crippen molar-refractivity contribution in [3.05, 3.63) is 82.5 Å². The van der Waals surface area contributed by atoms with Crippen LogP contribution in [-0.4, -0.2) is 41.3 Å². The van der Waals surface area contributed by atoms with E-state index in [0.29, 0.717) is 41.3 Å². The molecule has 0 bridgehead atoms. The van der Waals surface area contributed by atoms with Crippen LogP contribution in [0.15, 0.2) is 65.8 Å². The fourth-order valence-electron chi connectivity index (χ4n) is 5.14. The van der Waals surface area contributed by atoms with Crippen LogP contribution in [0, 0.1) is 0 Å². The van der Waals surface area contributed by atoms with Crippen LogP contribution in [0.3, 0.4) is 0 Å². The Labute approximate surface area is 241 Å². The fraction of sp³-hybridized carbons (Fsp3) is 0.419. The van der Waals surface area contributed by atoms with Gasteiger partial charge >= 0.3 is 0 Å². The summed E-state index contributed by atoms with van der Waals surface area (Å²) in [6.45, 7) is 6.00. The van der Waals surface area contributed by atoms with Gasteiger partial charge in [-0.3, -0.25) is 9.59 Å². The van der Waals surface area contributed by atoms with Gasteiger partial charge in [0, 0.05) is 37.0 Å². The lowest BCUT2D eigenvalue weighted by molar-refractivity contribution is -0.123. The highest BCUT2D eigenvalue weighted by molar-refractivity contribution is 7.98. The third kappa shape index (κ3) is 7.61. The molecule has 1 aliphatic rings. The van der Waals surface area contributed by atoms with Crippen LogP contribution in [-0.2, 0) is 16.0 Å². The first-order valence-corrected chi connectivity index (χ1v) is 15.1. The van der Waals surface area contributed by atoms with E-state index in [1.807, 2.05) is 42.5 Å². The summed E-state index contributed by atoms with van der Waals surface area (Å²) in [7, 11) is 0. The molecule has 1 aliphatic heterocycles. The molecule has 0 radical (unpaired) electrons. The van der Waals surface area contributed by atoms with Crippen molar-refractivity contribution in [3.63, 3.8) is 0 Å². The van der Waals surface area contributed by atoms with Gasteiger partial charge in [-0.25, -0.2) is 9.97 Å². The minimum atomic E-state index is -0.459. The van der Waals surface area contributed by atoms with E-state index in [9.17, 15) is 9.59 Å². The lowest BCUT2D eigenvalue weighted by atomic mass is 9.70. The molecule has 39 heavy (non-hydrogen) atoms. The highest BCUT2D eigenvalue weighted by atomic mass is 35.5. The van der Waals surface area contributed by atoms with Crippen LogP contribution in [0.4, 0.5) is 5.82 Å². The van der Waals surface area contributed by atoms with Crippen molar-refractivity contribution < 1.29 is 9.59 Å². The van der Waals surface area contributed by atoms with Crippen molar-refractivity contribution in [1.29, 1.82) is 0 Å². The number of hydrogen-bond acceptors (Lipinski definition) is 6. The van der Waals surface area contributed by atoms with Gasteiger partial charge in [0.1, 0.15) is 16.8 Å². The summed E-state index contributed by atoms with van der Waals surface area (Å²) >= 11 is 7.90. The first-order valence-electron chi connectivity index (χ1n) is 13.8. The first-order chi connectivity index (χ1) is 18.9. The first kappa shape index (κ1) is 29.1. The molecule has 1 aromatic heterocycles. The van der Waals surface area contributed by atoms with E-state index in [-0.39, 0.29) is 11.7 Å². The lowest BCUT2D eigenvalue weighted by Gasteiger charge is -2.41. The smallest absolute Gasteiger partial charge is 0.251 e. The molecule has 8 heteroatoms. The minimum absolute atomic E-state index is 0.0399. The molecule has 3 aromatic rings. The molecule has 6 nitrogen and oxygen atoms in total. The molecular formula is C31H37ClN4O2S. The maximum Gasteiger partial charge on any atom is 0.251 e. The van der Waals surface area contributed by atoms with Gasteiger partial charge in [-0.15, -0.1) is 0 Å². The van der Waals surface area contributed by atoms with Crippen molar-refractivity contribution in [3.8, 4) is 0 Å². The number of hydrogen-bond donors (Lipinski definition) is 1. The number of carbonyl (C=O) groups excluding carboxylic acids is 2. The number of ketones is 1. The normalized spacial score (nSPS) is 14.7. The number of unbranched alkanes of at least 4 members (excludes halogenated alkanes) is 3. The number of thioether (sulfide) groups is 1. The summed E-state index contributed by atoms with van der Waals surface area (Å²) in [6.07, 6.45) is 5.96. The molecule has 1 saturated heterocycles. The van der Waals surface area contributed by atoms with Gasteiger partial charge in [-0.2, -0.15) is 0 Å². The Morgan fingerprint density at radius 3 is 2.49 bits per heavy atom. The number of amides is 1. The second-order valence-corrected chi connectivity index (χ2v) is 11.5. The summed E-state index contributed by atoms with van der Waals surface area (Å²) in [4.78, 5) is 36.7. The zero-order chi connectivity index (χ0) is 27.7. The second-order valence-electron chi connectivity index (χ2n) is 10.1. The molecule has 1 N–H and O–H groups in total.